The lowest BCUT2D eigenvalue weighted by Crippen LogP contribution is -2.17. The minimum absolute atomic E-state index is 0.0749. The standard InChI is InChI=1S/C39H26S3/c1-39(2)31-22-26(14-16-27(31)29-17-19-36-38(37(29)39)42-35-13-6-5-12-34(35)41-36)24-9-7-8-23(20-24)25-15-18-33-30(21-25)28-10-3-4-11-32(28)40-33/h3-22H,1-2H3. The molecule has 0 fully saturated rings. The van der Waals surface area contributed by atoms with Crippen LogP contribution in [0.3, 0.4) is 0 Å². The number of hydrogen-bond donors (Lipinski definition) is 0. The van der Waals surface area contributed by atoms with Crippen LogP contribution in [-0.4, -0.2) is 0 Å². The molecule has 1 aliphatic carbocycles. The number of benzene rings is 6. The van der Waals surface area contributed by atoms with Gasteiger partial charge < -0.3 is 0 Å². The van der Waals surface area contributed by atoms with E-state index in [1.807, 2.05) is 34.9 Å². The molecular weight excluding hydrogens is 565 g/mol. The highest BCUT2D eigenvalue weighted by atomic mass is 32.2. The van der Waals surface area contributed by atoms with Crippen LogP contribution in [0.4, 0.5) is 0 Å². The predicted octanol–water partition coefficient (Wildman–Crippen LogP) is 12.3. The Hall–Kier alpha value is -3.76. The molecule has 0 radical (unpaired) electrons. The smallest absolute Gasteiger partial charge is 0.0355 e. The molecule has 0 nitrogen and oxygen atoms in total. The molecule has 0 amide bonds. The molecule has 1 aliphatic heterocycles. The summed E-state index contributed by atoms with van der Waals surface area (Å²) in [5.74, 6) is 0. The van der Waals surface area contributed by atoms with E-state index in [0.29, 0.717) is 0 Å². The van der Waals surface area contributed by atoms with Gasteiger partial charge in [0.05, 0.1) is 0 Å². The van der Waals surface area contributed by atoms with E-state index in [1.54, 1.807) is 0 Å². The van der Waals surface area contributed by atoms with Gasteiger partial charge in [-0.15, -0.1) is 11.3 Å². The molecule has 7 aromatic rings. The van der Waals surface area contributed by atoms with Gasteiger partial charge in [-0.3, -0.25) is 0 Å². The Bertz CT molecular complexity index is 2230. The molecule has 0 saturated carbocycles. The van der Waals surface area contributed by atoms with E-state index < -0.39 is 0 Å². The van der Waals surface area contributed by atoms with Gasteiger partial charge in [-0.05, 0) is 93.0 Å². The van der Waals surface area contributed by atoms with Crippen molar-refractivity contribution < 1.29 is 0 Å². The third kappa shape index (κ3) is 3.64. The van der Waals surface area contributed by atoms with Crippen molar-refractivity contribution in [1.82, 2.24) is 0 Å². The molecule has 0 N–H and O–H groups in total. The van der Waals surface area contributed by atoms with Crippen LogP contribution in [0.5, 0.6) is 0 Å². The Labute approximate surface area is 258 Å². The maximum absolute atomic E-state index is 2.45. The topological polar surface area (TPSA) is 0 Å². The third-order valence-electron chi connectivity index (χ3n) is 8.92. The summed E-state index contributed by atoms with van der Waals surface area (Å²) in [4.78, 5) is 5.52. The maximum atomic E-state index is 2.45. The van der Waals surface area contributed by atoms with E-state index in [4.69, 9.17) is 0 Å². The van der Waals surface area contributed by atoms with Gasteiger partial charge in [0.1, 0.15) is 0 Å². The summed E-state index contributed by atoms with van der Waals surface area (Å²) in [6.07, 6.45) is 0. The first-order chi connectivity index (χ1) is 20.5. The molecule has 0 spiro atoms. The number of fused-ring (bicyclic) bond motifs is 9. The Morgan fingerprint density at radius 2 is 1.14 bits per heavy atom. The van der Waals surface area contributed by atoms with Crippen LogP contribution in [0.2, 0.25) is 0 Å². The van der Waals surface area contributed by atoms with Crippen LogP contribution in [0.25, 0.3) is 53.6 Å². The van der Waals surface area contributed by atoms with Gasteiger partial charge in [0.15, 0.2) is 0 Å². The van der Waals surface area contributed by atoms with E-state index in [2.05, 4.69) is 135 Å². The van der Waals surface area contributed by atoms with Gasteiger partial charge in [0.25, 0.3) is 0 Å². The molecule has 42 heavy (non-hydrogen) atoms. The van der Waals surface area contributed by atoms with Crippen LogP contribution in [-0.2, 0) is 5.41 Å². The highest BCUT2D eigenvalue weighted by Crippen LogP contribution is 2.58. The average Bonchev–Trinajstić information content (AvgIpc) is 3.51. The second-order valence-electron chi connectivity index (χ2n) is 11.7. The fourth-order valence-electron chi connectivity index (χ4n) is 6.83. The highest BCUT2D eigenvalue weighted by Gasteiger charge is 2.39. The molecule has 0 atom stereocenters. The second-order valence-corrected chi connectivity index (χ2v) is 15.0. The van der Waals surface area contributed by atoms with Crippen molar-refractivity contribution in [1.29, 1.82) is 0 Å². The van der Waals surface area contributed by atoms with E-state index in [1.165, 1.54) is 84.3 Å². The molecule has 9 rings (SSSR count). The Kier molecular flexibility index (Phi) is 5.38. The van der Waals surface area contributed by atoms with Gasteiger partial charge in [0, 0.05) is 45.2 Å². The molecule has 2 heterocycles. The normalized spacial score (nSPS) is 14.4. The van der Waals surface area contributed by atoms with E-state index in [9.17, 15) is 0 Å². The van der Waals surface area contributed by atoms with E-state index >= 15 is 0 Å². The van der Waals surface area contributed by atoms with Gasteiger partial charge in [-0.25, -0.2) is 0 Å². The molecular formula is C39H26S3. The molecule has 6 aromatic carbocycles. The van der Waals surface area contributed by atoms with Crippen LogP contribution in [0, 0.1) is 0 Å². The minimum Gasteiger partial charge on any atom is -0.135 e. The number of thiophene rings is 1. The number of hydrogen-bond acceptors (Lipinski definition) is 3. The number of rotatable bonds is 2. The SMILES string of the molecule is CC1(C)c2cc(-c3cccc(-c4ccc5sc6ccccc6c5c4)c3)ccc2-c2ccc3c(c21)Sc1ccccc1S3. The van der Waals surface area contributed by atoms with Gasteiger partial charge >= 0.3 is 0 Å². The molecule has 0 bridgehead atoms. The molecule has 2 aliphatic rings. The zero-order valence-corrected chi connectivity index (χ0v) is 25.7. The minimum atomic E-state index is -0.0749. The Morgan fingerprint density at radius 1 is 0.476 bits per heavy atom. The van der Waals surface area contributed by atoms with Crippen molar-refractivity contribution in [3.63, 3.8) is 0 Å². The molecule has 0 unspecified atom stereocenters. The summed E-state index contributed by atoms with van der Waals surface area (Å²) in [5.41, 5.74) is 10.6. The van der Waals surface area contributed by atoms with Crippen molar-refractivity contribution in [2.75, 3.05) is 0 Å². The van der Waals surface area contributed by atoms with Gasteiger partial charge in [0.2, 0.25) is 0 Å². The molecule has 3 heteroatoms. The van der Waals surface area contributed by atoms with Crippen molar-refractivity contribution in [3.05, 3.63) is 132 Å². The Balaban J connectivity index is 1.12. The maximum Gasteiger partial charge on any atom is 0.0355 e. The van der Waals surface area contributed by atoms with Crippen molar-refractivity contribution >= 4 is 55.0 Å². The van der Waals surface area contributed by atoms with Crippen molar-refractivity contribution in [3.8, 4) is 33.4 Å². The quantitative estimate of drug-likeness (QED) is 0.196. The summed E-state index contributed by atoms with van der Waals surface area (Å²) in [5, 5.41) is 2.69. The predicted molar refractivity (Wildman–Crippen MR) is 182 cm³/mol. The molecule has 0 saturated heterocycles. The fourth-order valence-corrected chi connectivity index (χ4v) is 10.5. The molecule has 1 aromatic heterocycles. The lowest BCUT2D eigenvalue weighted by atomic mass is 9.81. The van der Waals surface area contributed by atoms with Crippen LogP contribution in [0.15, 0.2) is 141 Å². The highest BCUT2D eigenvalue weighted by molar-refractivity contribution is 8.05. The Morgan fingerprint density at radius 3 is 2.00 bits per heavy atom. The summed E-state index contributed by atoms with van der Waals surface area (Å²) in [7, 11) is 0. The molecule has 200 valence electrons. The summed E-state index contributed by atoms with van der Waals surface area (Å²) in [6.45, 7) is 4.81. The lowest BCUT2D eigenvalue weighted by Gasteiger charge is -2.28. The summed E-state index contributed by atoms with van der Waals surface area (Å²) in [6, 6.07) is 45.3. The zero-order valence-electron chi connectivity index (χ0n) is 23.3. The zero-order chi connectivity index (χ0) is 28.0. The van der Waals surface area contributed by atoms with Crippen molar-refractivity contribution in [2.24, 2.45) is 0 Å². The first-order valence-corrected chi connectivity index (χ1v) is 16.8. The van der Waals surface area contributed by atoms with Gasteiger partial charge in [-0.2, -0.15) is 0 Å². The van der Waals surface area contributed by atoms with E-state index in [-0.39, 0.29) is 5.41 Å². The van der Waals surface area contributed by atoms with Crippen LogP contribution in [0.1, 0.15) is 25.0 Å². The monoisotopic (exact) mass is 590 g/mol. The fraction of sp³-hybridized carbons (Fsp3) is 0.0769. The van der Waals surface area contributed by atoms with Crippen LogP contribution >= 0.6 is 34.9 Å². The first-order valence-electron chi connectivity index (χ1n) is 14.3. The third-order valence-corrected chi connectivity index (χ3v) is 12.7. The van der Waals surface area contributed by atoms with Crippen molar-refractivity contribution in [2.45, 2.75) is 38.8 Å². The summed E-state index contributed by atoms with van der Waals surface area (Å²) >= 11 is 5.73. The first kappa shape index (κ1) is 24.8. The summed E-state index contributed by atoms with van der Waals surface area (Å²) < 4.78 is 2.70. The van der Waals surface area contributed by atoms with Gasteiger partial charge in [-0.1, -0.05) is 110 Å². The van der Waals surface area contributed by atoms with E-state index in [0.717, 1.165) is 0 Å². The lowest BCUT2D eigenvalue weighted by molar-refractivity contribution is 0.642. The largest absolute Gasteiger partial charge is 0.135 e. The average molecular weight is 591 g/mol. The van der Waals surface area contributed by atoms with Crippen LogP contribution < -0.4 is 0 Å². The second kappa shape index (κ2) is 9.12.